The van der Waals surface area contributed by atoms with E-state index in [1.807, 2.05) is 48.5 Å². The van der Waals surface area contributed by atoms with E-state index in [4.69, 9.17) is 16.3 Å². The Morgan fingerprint density at radius 2 is 1.87 bits per heavy atom. The van der Waals surface area contributed by atoms with E-state index in [0.29, 0.717) is 27.7 Å². The Bertz CT molecular complexity index is 1120. The Balaban J connectivity index is 1.53. The van der Waals surface area contributed by atoms with Crippen LogP contribution in [-0.4, -0.2) is 28.6 Å². The SMILES string of the molecule is O=C(CC[C@@H]1N=C(c2ccccn2)c2cc(Cl)ccc2NC1=O)OCc1ccccc1. The number of fused-ring (bicyclic) bond motifs is 1. The van der Waals surface area contributed by atoms with Crippen LogP contribution >= 0.6 is 11.6 Å². The topological polar surface area (TPSA) is 80.7 Å². The van der Waals surface area contributed by atoms with Gasteiger partial charge in [0.05, 0.1) is 17.1 Å². The first kappa shape index (κ1) is 20.8. The van der Waals surface area contributed by atoms with Crippen LogP contribution in [0.3, 0.4) is 0 Å². The Morgan fingerprint density at radius 1 is 1.06 bits per heavy atom. The molecule has 1 atom stereocenters. The Morgan fingerprint density at radius 3 is 2.65 bits per heavy atom. The molecule has 0 bridgehead atoms. The quantitative estimate of drug-likeness (QED) is 0.583. The van der Waals surface area contributed by atoms with Crippen molar-refractivity contribution >= 4 is 34.9 Å². The van der Waals surface area contributed by atoms with Crippen molar-refractivity contribution in [2.24, 2.45) is 4.99 Å². The van der Waals surface area contributed by atoms with Gasteiger partial charge in [0.25, 0.3) is 0 Å². The van der Waals surface area contributed by atoms with E-state index in [-0.39, 0.29) is 31.3 Å². The summed E-state index contributed by atoms with van der Waals surface area (Å²) in [5.41, 5.74) is 3.38. The van der Waals surface area contributed by atoms with Crippen LogP contribution in [0.4, 0.5) is 5.69 Å². The standard InChI is InChI=1S/C24H20ClN3O3/c25-17-9-10-19-18(14-17)23(20-8-4-5-13-26-20)27-21(24(30)28-19)11-12-22(29)31-15-16-6-2-1-3-7-16/h1-10,13-14,21H,11-12,15H2,(H,28,30)/t21-/m0/s1. The number of benzodiazepines with no additional fused rings is 1. The summed E-state index contributed by atoms with van der Waals surface area (Å²) in [6.45, 7) is 0.197. The molecule has 0 saturated heterocycles. The van der Waals surface area contributed by atoms with E-state index in [9.17, 15) is 9.59 Å². The number of aliphatic imine (C=N–C) groups is 1. The lowest BCUT2D eigenvalue weighted by molar-refractivity contribution is -0.145. The minimum absolute atomic E-state index is 0.0705. The van der Waals surface area contributed by atoms with Gasteiger partial charge in [0.2, 0.25) is 5.91 Å². The molecule has 0 aliphatic carbocycles. The predicted molar refractivity (Wildman–Crippen MR) is 119 cm³/mol. The highest BCUT2D eigenvalue weighted by molar-refractivity contribution is 6.31. The highest BCUT2D eigenvalue weighted by atomic mass is 35.5. The molecule has 1 aliphatic rings. The van der Waals surface area contributed by atoms with Gasteiger partial charge in [-0.15, -0.1) is 0 Å². The second-order valence-electron chi connectivity index (χ2n) is 7.07. The molecule has 2 aromatic carbocycles. The monoisotopic (exact) mass is 433 g/mol. The molecule has 156 valence electrons. The number of nitrogens with zero attached hydrogens (tertiary/aromatic N) is 2. The van der Waals surface area contributed by atoms with E-state index in [1.54, 1.807) is 24.4 Å². The zero-order chi connectivity index (χ0) is 21.6. The van der Waals surface area contributed by atoms with Crippen molar-refractivity contribution in [1.29, 1.82) is 0 Å². The van der Waals surface area contributed by atoms with Gasteiger partial charge in [-0.05, 0) is 42.3 Å². The van der Waals surface area contributed by atoms with E-state index >= 15 is 0 Å². The fourth-order valence-electron chi connectivity index (χ4n) is 3.29. The summed E-state index contributed by atoms with van der Waals surface area (Å²) in [4.78, 5) is 34.1. The molecular formula is C24H20ClN3O3. The van der Waals surface area contributed by atoms with Crippen molar-refractivity contribution in [3.8, 4) is 0 Å². The average molecular weight is 434 g/mol. The Kier molecular flexibility index (Phi) is 6.38. The summed E-state index contributed by atoms with van der Waals surface area (Å²) in [6.07, 6.45) is 1.96. The van der Waals surface area contributed by atoms with Crippen molar-refractivity contribution in [1.82, 2.24) is 4.98 Å². The van der Waals surface area contributed by atoms with Crippen LogP contribution in [0.25, 0.3) is 0 Å². The third-order valence-corrected chi connectivity index (χ3v) is 5.09. The number of carbonyl (C=O) groups excluding carboxylic acids is 2. The fourth-order valence-corrected chi connectivity index (χ4v) is 3.46. The molecule has 1 N–H and O–H groups in total. The Labute approximate surface area is 184 Å². The third-order valence-electron chi connectivity index (χ3n) is 4.85. The lowest BCUT2D eigenvalue weighted by Gasteiger charge is -2.11. The number of rotatable bonds is 6. The molecular weight excluding hydrogens is 414 g/mol. The van der Waals surface area contributed by atoms with Crippen LogP contribution in [0.1, 0.15) is 29.7 Å². The van der Waals surface area contributed by atoms with Crippen LogP contribution in [0.2, 0.25) is 5.02 Å². The number of carbonyl (C=O) groups is 2. The van der Waals surface area contributed by atoms with Gasteiger partial charge in [0.1, 0.15) is 12.6 Å². The second kappa shape index (κ2) is 9.53. The lowest BCUT2D eigenvalue weighted by atomic mass is 10.0. The maximum Gasteiger partial charge on any atom is 0.306 e. The molecule has 1 aromatic heterocycles. The van der Waals surface area contributed by atoms with Gasteiger partial charge in [-0.3, -0.25) is 19.6 Å². The molecule has 3 aromatic rings. The molecule has 31 heavy (non-hydrogen) atoms. The summed E-state index contributed by atoms with van der Waals surface area (Å²) in [7, 11) is 0. The van der Waals surface area contributed by atoms with Crippen molar-refractivity contribution in [2.75, 3.05) is 5.32 Å². The van der Waals surface area contributed by atoms with Crippen molar-refractivity contribution < 1.29 is 14.3 Å². The average Bonchev–Trinajstić information content (AvgIpc) is 2.93. The minimum atomic E-state index is -0.757. The van der Waals surface area contributed by atoms with E-state index < -0.39 is 6.04 Å². The number of ether oxygens (including phenoxy) is 1. The van der Waals surface area contributed by atoms with Crippen LogP contribution in [0, 0.1) is 0 Å². The highest BCUT2D eigenvalue weighted by Gasteiger charge is 2.27. The number of amides is 1. The van der Waals surface area contributed by atoms with Crippen LogP contribution in [0.5, 0.6) is 0 Å². The van der Waals surface area contributed by atoms with E-state index in [0.717, 1.165) is 5.56 Å². The summed E-state index contributed by atoms with van der Waals surface area (Å²) >= 11 is 6.19. The largest absolute Gasteiger partial charge is 0.461 e. The first-order chi connectivity index (χ1) is 15.1. The van der Waals surface area contributed by atoms with Crippen molar-refractivity contribution in [3.63, 3.8) is 0 Å². The molecule has 0 unspecified atom stereocenters. The van der Waals surface area contributed by atoms with Crippen molar-refractivity contribution in [2.45, 2.75) is 25.5 Å². The number of halogens is 1. The van der Waals surface area contributed by atoms with E-state index in [2.05, 4.69) is 15.3 Å². The van der Waals surface area contributed by atoms with Gasteiger partial charge in [0, 0.05) is 23.2 Å². The molecule has 0 radical (unpaired) electrons. The molecule has 7 heteroatoms. The van der Waals surface area contributed by atoms with Gasteiger partial charge in [-0.25, -0.2) is 0 Å². The number of esters is 1. The lowest BCUT2D eigenvalue weighted by Crippen LogP contribution is -2.26. The number of benzene rings is 2. The molecule has 1 amide bonds. The maximum absolute atomic E-state index is 12.8. The highest BCUT2D eigenvalue weighted by Crippen LogP contribution is 2.27. The molecule has 6 nitrogen and oxygen atoms in total. The minimum Gasteiger partial charge on any atom is -0.461 e. The zero-order valence-corrected chi connectivity index (χ0v) is 17.4. The fraction of sp³-hybridized carbons (Fsp3) is 0.167. The number of nitrogens with one attached hydrogen (secondary N) is 1. The van der Waals surface area contributed by atoms with E-state index in [1.165, 1.54) is 0 Å². The molecule has 4 rings (SSSR count). The number of aromatic nitrogens is 1. The van der Waals surface area contributed by atoms with Gasteiger partial charge >= 0.3 is 5.97 Å². The third kappa shape index (κ3) is 5.16. The van der Waals surface area contributed by atoms with Gasteiger partial charge in [-0.1, -0.05) is 48.0 Å². The summed E-state index contributed by atoms with van der Waals surface area (Å²) < 4.78 is 5.33. The number of pyridine rings is 1. The van der Waals surface area contributed by atoms with Gasteiger partial charge in [0.15, 0.2) is 0 Å². The predicted octanol–water partition coefficient (Wildman–Crippen LogP) is 4.42. The van der Waals surface area contributed by atoms with Gasteiger partial charge < -0.3 is 10.1 Å². The first-order valence-corrected chi connectivity index (χ1v) is 10.3. The summed E-state index contributed by atoms with van der Waals surface area (Å²) in [5.74, 6) is -0.665. The second-order valence-corrected chi connectivity index (χ2v) is 7.51. The first-order valence-electron chi connectivity index (χ1n) is 9.90. The number of hydrogen-bond acceptors (Lipinski definition) is 5. The van der Waals surface area contributed by atoms with Crippen LogP contribution in [0.15, 0.2) is 77.9 Å². The van der Waals surface area contributed by atoms with Crippen LogP contribution < -0.4 is 5.32 Å². The molecule has 0 saturated carbocycles. The normalized spacial score (nSPS) is 15.3. The molecule has 2 heterocycles. The summed E-state index contributed by atoms with van der Waals surface area (Å²) in [5, 5.41) is 3.42. The summed E-state index contributed by atoms with van der Waals surface area (Å²) in [6, 6.07) is 19.4. The number of hydrogen-bond donors (Lipinski definition) is 1. The molecule has 0 fully saturated rings. The van der Waals surface area contributed by atoms with Crippen LogP contribution in [-0.2, 0) is 20.9 Å². The maximum atomic E-state index is 12.8. The zero-order valence-electron chi connectivity index (χ0n) is 16.6. The van der Waals surface area contributed by atoms with Gasteiger partial charge in [-0.2, -0.15) is 0 Å². The van der Waals surface area contributed by atoms with Crippen molar-refractivity contribution in [3.05, 3.63) is 94.8 Å². The molecule has 1 aliphatic heterocycles. The Hall–Kier alpha value is -3.51. The smallest absolute Gasteiger partial charge is 0.306 e. The number of anilines is 1. The molecule has 0 spiro atoms.